The summed E-state index contributed by atoms with van der Waals surface area (Å²) in [5, 5.41) is 11.0. The van der Waals surface area contributed by atoms with E-state index in [1.54, 1.807) is 0 Å². The molecule has 1 unspecified atom stereocenters. The molecule has 0 saturated heterocycles. The van der Waals surface area contributed by atoms with Crippen LogP contribution in [0.1, 0.15) is 17.7 Å². The Morgan fingerprint density at radius 2 is 2.28 bits per heavy atom. The van der Waals surface area contributed by atoms with Crippen molar-refractivity contribution in [3.05, 3.63) is 34.5 Å². The molecular weight excluding hydrogens is 250 g/mol. The molecule has 2 aromatic rings. The van der Waals surface area contributed by atoms with E-state index in [0.717, 1.165) is 28.8 Å². The molecule has 1 atom stereocenters. The van der Waals surface area contributed by atoms with Crippen molar-refractivity contribution < 1.29 is 9.90 Å². The summed E-state index contributed by atoms with van der Waals surface area (Å²) in [4.78, 5) is 11.1. The van der Waals surface area contributed by atoms with Gasteiger partial charge >= 0.3 is 5.97 Å². The highest BCUT2D eigenvalue weighted by Gasteiger charge is 2.28. The van der Waals surface area contributed by atoms with Gasteiger partial charge in [-0.25, -0.2) is 0 Å². The van der Waals surface area contributed by atoms with Crippen LogP contribution in [0.3, 0.4) is 0 Å². The lowest BCUT2D eigenvalue weighted by atomic mass is 9.86. The molecular formula is C14H14ClNO2. The third kappa shape index (κ3) is 1.62. The molecule has 0 bridgehead atoms. The van der Waals surface area contributed by atoms with Gasteiger partial charge in [0.2, 0.25) is 0 Å². The first-order valence-corrected chi connectivity index (χ1v) is 6.44. The van der Waals surface area contributed by atoms with Gasteiger partial charge < -0.3 is 9.67 Å². The van der Waals surface area contributed by atoms with Crippen LogP contribution in [0, 0.1) is 5.92 Å². The largest absolute Gasteiger partial charge is 0.481 e. The number of benzene rings is 1. The summed E-state index contributed by atoms with van der Waals surface area (Å²) >= 11 is 6.03. The van der Waals surface area contributed by atoms with Gasteiger partial charge in [-0.15, -0.1) is 0 Å². The van der Waals surface area contributed by atoms with Gasteiger partial charge in [-0.3, -0.25) is 4.79 Å². The van der Waals surface area contributed by atoms with E-state index in [0.29, 0.717) is 6.42 Å². The summed E-state index contributed by atoms with van der Waals surface area (Å²) < 4.78 is 2.15. The molecule has 0 saturated carbocycles. The first kappa shape index (κ1) is 11.6. The number of rotatable bonds is 1. The lowest BCUT2D eigenvalue weighted by molar-refractivity contribution is -0.142. The Labute approximate surface area is 110 Å². The minimum Gasteiger partial charge on any atom is -0.481 e. The maximum Gasteiger partial charge on any atom is 0.306 e. The van der Waals surface area contributed by atoms with Crippen LogP contribution >= 0.6 is 11.6 Å². The number of carboxylic acids is 1. The SMILES string of the molecule is Cn1c2c(c3ccc(Cl)cc31)CC(C(=O)O)CC2. The molecule has 0 aliphatic heterocycles. The average molecular weight is 264 g/mol. The highest BCUT2D eigenvalue weighted by molar-refractivity contribution is 6.31. The van der Waals surface area contributed by atoms with Gasteiger partial charge in [-0.05, 0) is 37.0 Å². The molecule has 1 aliphatic rings. The minimum atomic E-state index is -0.688. The van der Waals surface area contributed by atoms with Crippen molar-refractivity contribution in [2.24, 2.45) is 13.0 Å². The minimum absolute atomic E-state index is 0.251. The molecule has 3 nitrogen and oxygen atoms in total. The van der Waals surface area contributed by atoms with Crippen molar-refractivity contribution in [3.8, 4) is 0 Å². The first-order valence-electron chi connectivity index (χ1n) is 6.06. The van der Waals surface area contributed by atoms with Crippen molar-refractivity contribution in [2.75, 3.05) is 0 Å². The topological polar surface area (TPSA) is 42.2 Å². The number of fused-ring (bicyclic) bond motifs is 3. The molecule has 4 heteroatoms. The van der Waals surface area contributed by atoms with E-state index in [9.17, 15) is 4.79 Å². The van der Waals surface area contributed by atoms with Crippen molar-refractivity contribution >= 4 is 28.5 Å². The predicted octanol–water partition coefficient (Wildman–Crippen LogP) is 3.02. The van der Waals surface area contributed by atoms with E-state index in [1.165, 1.54) is 11.3 Å². The maximum atomic E-state index is 11.1. The van der Waals surface area contributed by atoms with E-state index in [-0.39, 0.29) is 5.92 Å². The van der Waals surface area contributed by atoms with Crippen molar-refractivity contribution in [3.63, 3.8) is 0 Å². The summed E-state index contributed by atoms with van der Waals surface area (Å²) in [5.41, 5.74) is 3.53. The van der Waals surface area contributed by atoms with Crippen molar-refractivity contribution in [2.45, 2.75) is 19.3 Å². The van der Waals surface area contributed by atoms with Gasteiger partial charge in [-0.1, -0.05) is 17.7 Å². The van der Waals surface area contributed by atoms with Gasteiger partial charge in [0.25, 0.3) is 0 Å². The Kier molecular flexibility index (Phi) is 2.59. The zero-order valence-corrected chi connectivity index (χ0v) is 10.9. The first-order chi connectivity index (χ1) is 8.58. The lowest BCUT2D eigenvalue weighted by Crippen LogP contribution is -2.22. The number of halogens is 1. The second-order valence-electron chi connectivity index (χ2n) is 4.92. The van der Waals surface area contributed by atoms with E-state index in [4.69, 9.17) is 16.7 Å². The number of aromatic nitrogens is 1. The second kappa shape index (κ2) is 4.02. The average Bonchev–Trinajstić information content (AvgIpc) is 2.62. The number of aliphatic carboxylic acids is 1. The Balaban J connectivity index is 2.19. The highest BCUT2D eigenvalue weighted by Crippen LogP contribution is 2.34. The van der Waals surface area contributed by atoms with E-state index in [1.807, 2.05) is 25.2 Å². The van der Waals surface area contributed by atoms with Crippen molar-refractivity contribution in [1.29, 1.82) is 0 Å². The van der Waals surface area contributed by atoms with Gasteiger partial charge in [0.15, 0.2) is 0 Å². The molecule has 3 rings (SSSR count). The lowest BCUT2D eigenvalue weighted by Gasteiger charge is -2.19. The van der Waals surface area contributed by atoms with Crippen LogP contribution in [0.5, 0.6) is 0 Å². The van der Waals surface area contributed by atoms with Gasteiger partial charge in [0, 0.05) is 28.7 Å². The Morgan fingerprint density at radius 3 is 3.00 bits per heavy atom. The molecule has 0 fully saturated rings. The molecule has 1 aliphatic carbocycles. The zero-order chi connectivity index (χ0) is 12.9. The molecule has 1 aromatic carbocycles. The predicted molar refractivity (Wildman–Crippen MR) is 71.1 cm³/mol. The fourth-order valence-electron chi connectivity index (χ4n) is 2.96. The smallest absolute Gasteiger partial charge is 0.306 e. The monoisotopic (exact) mass is 263 g/mol. The summed E-state index contributed by atoms with van der Waals surface area (Å²) in [7, 11) is 2.03. The van der Waals surface area contributed by atoms with Gasteiger partial charge in [0.1, 0.15) is 0 Å². The van der Waals surface area contributed by atoms with Crippen LogP contribution in [-0.2, 0) is 24.7 Å². The zero-order valence-electron chi connectivity index (χ0n) is 10.1. The standard InChI is InChI=1S/C14H14ClNO2/c1-16-12-5-2-8(14(17)18)6-11(12)10-4-3-9(15)7-13(10)16/h3-4,7-8H,2,5-6H2,1H3,(H,17,18). The molecule has 0 radical (unpaired) electrons. The van der Waals surface area contributed by atoms with Crippen LogP contribution in [0.4, 0.5) is 0 Å². The van der Waals surface area contributed by atoms with E-state index < -0.39 is 5.97 Å². The fourth-order valence-corrected chi connectivity index (χ4v) is 3.12. The van der Waals surface area contributed by atoms with E-state index >= 15 is 0 Å². The van der Waals surface area contributed by atoms with Crippen LogP contribution < -0.4 is 0 Å². The van der Waals surface area contributed by atoms with Gasteiger partial charge in [-0.2, -0.15) is 0 Å². The molecule has 1 heterocycles. The number of nitrogens with zero attached hydrogens (tertiary/aromatic N) is 1. The van der Waals surface area contributed by atoms with Gasteiger partial charge in [0.05, 0.1) is 5.92 Å². The summed E-state index contributed by atoms with van der Waals surface area (Å²) in [6.45, 7) is 0. The number of hydrogen-bond acceptors (Lipinski definition) is 1. The maximum absolute atomic E-state index is 11.1. The molecule has 1 aromatic heterocycles. The number of carboxylic acid groups (broad SMARTS) is 1. The number of carbonyl (C=O) groups is 1. The quantitative estimate of drug-likeness (QED) is 0.859. The molecule has 0 amide bonds. The Morgan fingerprint density at radius 1 is 1.50 bits per heavy atom. The van der Waals surface area contributed by atoms with Crippen LogP contribution in [0.15, 0.2) is 18.2 Å². The summed E-state index contributed by atoms with van der Waals surface area (Å²) in [5.74, 6) is -0.939. The second-order valence-corrected chi connectivity index (χ2v) is 5.36. The highest BCUT2D eigenvalue weighted by atomic mass is 35.5. The van der Waals surface area contributed by atoms with Crippen LogP contribution in [0.25, 0.3) is 10.9 Å². The Hall–Kier alpha value is -1.48. The molecule has 94 valence electrons. The van der Waals surface area contributed by atoms with E-state index in [2.05, 4.69) is 4.57 Å². The summed E-state index contributed by atoms with van der Waals surface area (Å²) in [6, 6.07) is 5.82. The van der Waals surface area contributed by atoms with Crippen LogP contribution in [0.2, 0.25) is 5.02 Å². The third-order valence-corrected chi connectivity index (χ3v) is 4.16. The van der Waals surface area contributed by atoms with Crippen LogP contribution in [-0.4, -0.2) is 15.6 Å². The molecule has 0 spiro atoms. The third-order valence-electron chi connectivity index (χ3n) is 3.93. The molecule has 18 heavy (non-hydrogen) atoms. The Bertz CT molecular complexity index is 645. The number of hydrogen-bond donors (Lipinski definition) is 1. The number of aryl methyl sites for hydroxylation is 1. The summed E-state index contributed by atoms with van der Waals surface area (Å²) in [6.07, 6.45) is 2.18. The van der Waals surface area contributed by atoms with Crippen molar-refractivity contribution in [1.82, 2.24) is 4.57 Å². The normalized spacial score (nSPS) is 18.9. The fraction of sp³-hybridized carbons (Fsp3) is 0.357. The molecule has 1 N–H and O–H groups in total.